The van der Waals surface area contributed by atoms with Crippen molar-refractivity contribution in [1.82, 2.24) is 5.16 Å². The van der Waals surface area contributed by atoms with Gasteiger partial charge in [-0.05, 0) is 0 Å². The van der Waals surface area contributed by atoms with Gasteiger partial charge in [0.1, 0.15) is 5.56 Å². The second-order valence-electron chi connectivity index (χ2n) is 5.36. The van der Waals surface area contributed by atoms with Crippen LogP contribution in [-0.4, -0.2) is 10.1 Å². The first kappa shape index (κ1) is 21.1. The molecule has 0 aliphatic heterocycles. The molecular formula is C15F10N2O3. The van der Waals surface area contributed by atoms with E-state index in [0.717, 1.165) is 0 Å². The molecule has 0 N–H and O–H groups in total. The normalized spacial score (nSPS) is 11.3. The van der Waals surface area contributed by atoms with Gasteiger partial charge < -0.3 is 4.52 Å². The number of nitro groups is 1. The van der Waals surface area contributed by atoms with Gasteiger partial charge in [0.15, 0.2) is 52.2 Å². The molecule has 0 atom stereocenters. The lowest BCUT2D eigenvalue weighted by molar-refractivity contribution is -0.383. The molecule has 30 heavy (non-hydrogen) atoms. The molecule has 0 unspecified atom stereocenters. The van der Waals surface area contributed by atoms with E-state index in [1.54, 1.807) is 0 Å². The maximum absolute atomic E-state index is 13.9. The highest BCUT2D eigenvalue weighted by atomic mass is 19.2. The van der Waals surface area contributed by atoms with Crippen LogP contribution in [0.25, 0.3) is 22.6 Å². The van der Waals surface area contributed by atoms with Crippen LogP contribution in [0.2, 0.25) is 0 Å². The second-order valence-corrected chi connectivity index (χ2v) is 5.36. The van der Waals surface area contributed by atoms with Crippen LogP contribution in [0, 0.1) is 68.3 Å². The average molecular weight is 446 g/mol. The first-order chi connectivity index (χ1) is 13.9. The smallest absolute Gasteiger partial charge is 0.344 e. The third-order valence-electron chi connectivity index (χ3n) is 3.73. The van der Waals surface area contributed by atoms with Gasteiger partial charge in [-0.15, -0.1) is 0 Å². The van der Waals surface area contributed by atoms with E-state index < -0.39 is 91.4 Å². The van der Waals surface area contributed by atoms with E-state index in [0.29, 0.717) is 0 Å². The summed E-state index contributed by atoms with van der Waals surface area (Å²) >= 11 is 0. The van der Waals surface area contributed by atoms with Gasteiger partial charge in [-0.1, -0.05) is 5.16 Å². The van der Waals surface area contributed by atoms with Crippen molar-refractivity contribution in [3.63, 3.8) is 0 Å². The van der Waals surface area contributed by atoms with Crippen LogP contribution < -0.4 is 0 Å². The molecule has 0 saturated carbocycles. The molecule has 1 aromatic heterocycles. The summed E-state index contributed by atoms with van der Waals surface area (Å²) < 4.78 is 140. The number of nitrogens with zero attached hydrogens (tertiary/aromatic N) is 2. The van der Waals surface area contributed by atoms with Crippen LogP contribution >= 0.6 is 0 Å². The molecule has 0 aliphatic rings. The molecule has 0 aliphatic carbocycles. The summed E-state index contributed by atoms with van der Waals surface area (Å²) in [5, 5.41) is 13.9. The van der Waals surface area contributed by atoms with Crippen LogP contribution in [-0.2, 0) is 0 Å². The SMILES string of the molecule is O=[N+]([O-])c1c(-c2c(F)c(F)c(F)c(F)c2F)noc1-c1c(F)c(F)c(F)c(F)c1F. The Morgan fingerprint density at radius 2 is 0.933 bits per heavy atom. The fourth-order valence-corrected chi connectivity index (χ4v) is 2.40. The molecule has 15 heteroatoms. The van der Waals surface area contributed by atoms with E-state index in [9.17, 15) is 54.0 Å². The molecule has 2 aromatic carbocycles. The molecule has 1 heterocycles. The Morgan fingerprint density at radius 1 is 0.600 bits per heavy atom. The summed E-state index contributed by atoms with van der Waals surface area (Å²) in [7, 11) is 0. The minimum absolute atomic E-state index is 1.70. The summed E-state index contributed by atoms with van der Waals surface area (Å²) in [5.41, 5.74) is -7.77. The molecule has 5 nitrogen and oxygen atoms in total. The third kappa shape index (κ3) is 2.76. The number of hydrogen-bond acceptors (Lipinski definition) is 4. The zero-order valence-electron chi connectivity index (χ0n) is 13.4. The summed E-state index contributed by atoms with van der Waals surface area (Å²) in [6.07, 6.45) is 0. The molecule has 0 spiro atoms. The van der Waals surface area contributed by atoms with Crippen molar-refractivity contribution < 1.29 is 53.4 Å². The van der Waals surface area contributed by atoms with Gasteiger partial charge >= 0.3 is 5.69 Å². The highest BCUT2D eigenvalue weighted by molar-refractivity contribution is 5.81. The Balaban J connectivity index is 2.45. The largest absolute Gasteiger partial charge is 0.348 e. The van der Waals surface area contributed by atoms with Crippen LogP contribution in [0.4, 0.5) is 49.6 Å². The van der Waals surface area contributed by atoms with Gasteiger partial charge in [-0.3, -0.25) is 10.1 Å². The van der Waals surface area contributed by atoms with Crippen molar-refractivity contribution in [2.45, 2.75) is 0 Å². The molecule has 0 amide bonds. The molecule has 0 saturated heterocycles. The number of aromatic nitrogens is 1. The molecule has 0 bridgehead atoms. The highest BCUT2D eigenvalue weighted by Crippen LogP contribution is 2.44. The van der Waals surface area contributed by atoms with Gasteiger partial charge in [0.25, 0.3) is 5.76 Å². The number of hydrogen-bond donors (Lipinski definition) is 0. The topological polar surface area (TPSA) is 69.2 Å². The zero-order chi connectivity index (χ0) is 22.7. The summed E-state index contributed by atoms with van der Waals surface area (Å²) in [5.74, 6) is -27.9. The molecular weight excluding hydrogens is 446 g/mol. The van der Waals surface area contributed by atoms with Crippen molar-refractivity contribution in [2.75, 3.05) is 0 Å². The Morgan fingerprint density at radius 3 is 1.30 bits per heavy atom. The zero-order valence-corrected chi connectivity index (χ0v) is 13.4. The Labute approximate surface area is 156 Å². The predicted molar refractivity (Wildman–Crippen MR) is 73.6 cm³/mol. The lowest BCUT2D eigenvalue weighted by Gasteiger charge is -2.06. The molecule has 0 radical (unpaired) electrons. The monoisotopic (exact) mass is 446 g/mol. The van der Waals surface area contributed by atoms with Gasteiger partial charge in [0.05, 0.1) is 10.5 Å². The minimum Gasteiger partial charge on any atom is -0.348 e. The van der Waals surface area contributed by atoms with E-state index in [4.69, 9.17) is 0 Å². The third-order valence-corrected chi connectivity index (χ3v) is 3.73. The average Bonchev–Trinajstić information content (AvgIpc) is 3.12. The molecule has 3 rings (SSSR count). The number of halogens is 10. The van der Waals surface area contributed by atoms with Crippen molar-refractivity contribution in [3.05, 3.63) is 68.3 Å². The van der Waals surface area contributed by atoms with Gasteiger partial charge in [0.2, 0.25) is 11.6 Å². The lowest BCUT2D eigenvalue weighted by Crippen LogP contribution is -2.06. The van der Waals surface area contributed by atoms with E-state index in [2.05, 4.69) is 9.68 Å². The molecule has 3 aromatic rings. The van der Waals surface area contributed by atoms with Crippen molar-refractivity contribution in [2.24, 2.45) is 0 Å². The van der Waals surface area contributed by atoms with Crippen LogP contribution in [0.15, 0.2) is 4.52 Å². The van der Waals surface area contributed by atoms with Gasteiger partial charge in [0, 0.05) is 0 Å². The summed E-state index contributed by atoms with van der Waals surface area (Å²) in [6.45, 7) is 0. The lowest BCUT2D eigenvalue weighted by atomic mass is 10.0. The van der Waals surface area contributed by atoms with Crippen molar-refractivity contribution >= 4 is 5.69 Å². The van der Waals surface area contributed by atoms with Crippen molar-refractivity contribution in [1.29, 1.82) is 0 Å². The van der Waals surface area contributed by atoms with Crippen molar-refractivity contribution in [3.8, 4) is 22.6 Å². The number of rotatable bonds is 3. The number of benzene rings is 2. The Bertz CT molecular complexity index is 1100. The first-order valence-electron chi connectivity index (χ1n) is 7.09. The van der Waals surface area contributed by atoms with Crippen LogP contribution in [0.5, 0.6) is 0 Å². The maximum Gasteiger partial charge on any atom is 0.344 e. The quantitative estimate of drug-likeness (QED) is 0.180. The Kier molecular flexibility index (Phi) is 4.91. The van der Waals surface area contributed by atoms with E-state index in [-0.39, 0.29) is 0 Å². The van der Waals surface area contributed by atoms with E-state index >= 15 is 0 Å². The highest BCUT2D eigenvalue weighted by Gasteiger charge is 2.40. The van der Waals surface area contributed by atoms with E-state index in [1.165, 1.54) is 0 Å². The van der Waals surface area contributed by atoms with E-state index in [1.807, 2.05) is 0 Å². The Hall–Kier alpha value is -3.65. The fourth-order valence-electron chi connectivity index (χ4n) is 2.40. The standard InChI is InChI=1S/C15F10N2O3/c16-3-1(4(17)8(21)11(24)7(3)20)13-14(27(28)29)15(30-26-13)2-5(18)9(22)12(25)10(23)6(2)19. The predicted octanol–water partition coefficient (Wildman–Crippen LogP) is 5.31. The van der Waals surface area contributed by atoms with Gasteiger partial charge in [-0.25, -0.2) is 43.9 Å². The molecule has 0 fully saturated rings. The second kappa shape index (κ2) is 7.00. The summed E-state index contributed by atoms with van der Waals surface area (Å²) in [4.78, 5) is 9.56. The van der Waals surface area contributed by atoms with Gasteiger partial charge in [-0.2, -0.15) is 0 Å². The minimum atomic E-state index is -2.65. The maximum atomic E-state index is 13.9. The van der Waals surface area contributed by atoms with Crippen LogP contribution in [0.1, 0.15) is 0 Å². The van der Waals surface area contributed by atoms with Crippen LogP contribution in [0.3, 0.4) is 0 Å². The first-order valence-corrected chi connectivity index (χ1v) is 7.09. The summed E-state index contributed by atoms with van der Waals surface area (Å²) in [6, 6.07) is 0. The molecule has 158 valence electrons. The fraction of sp³-hybridized carbons (Fsp3) is 0.